The van der Waals surface area contributed by atoms with Crippen molar-refractivity contribution in [3.05, 3.63) is 35.4 Å². The van der Waals surface area contributed by atoms with Crippen LogP contribution in [0.2, 0.25) is 0 Å². The zero-order valence-corrected chi connectivity index (χ0v) is 35.9. The van der Waals surface area contributed by atoms with Gasteiger partial charge in [-0.1, -0.05) is 12.1 Å². The first-order valence-electron chi connectivity index (χ1n) is 20.6. The van der Waals surface area contributed by atoms with E-state index in [2.05, 4.69) is 16.0 Å². The highest BCUT2D eigenvalue weighted by atomic mass is 16.8. The number of carboxylic acid groups (broad SMARTS) is 2. The molecule has 0 bridgehead atoms. The highest BCUT2D eigenvalue weighted by Gasteiger charge is 2.57. The molecule has 0 spiro atoms. The summed E-state index contributed by atoms with van der Waals surface area (Å²) in [4.78, 5) is 72.7. The van der Waals surface area contributed by atoms with Crippen LogP contribution >= 0.6 is 0 Å². The van der Waals surface area contributed by atoms with Crippen molar-refractivity contribution in [1.82, 2.24) is 16.0 Å². The van der Waals surface area contributed by atoms with Gasteiger partial charge in [0.25, 0.3) is 5.91 Å². The molecule has 20 atom stereocenters. The van der Waals surface area contributed by atoms with E-state index in [1.54, 1.807) is 0 Å². The van der Waals surface area contributed by atoms with Crippen LogP contribution in [0.4, 0.5) is 0 Å². The summed E-state index contributed by atoms with van der Waals surface area (Å²) in [5.74, 6) is -5.71. The summed E-state index contributed by atoms with van der Waals surface area (Å²) in [6.07, 6.45) is -34.3. The summed E-state index contributed by atoms with van der Waals surface area (Å²) >= 11 is 0. The van der Waals surface area contributed by atoms with Crippen LogP contribution in [0.15, 0.2) is 24.3 Å². The number of carboxylic acids is 2. The van der Waals surface area contributed by atoms with E-state index in [9.17, 15) is 79.8 Å². The topological polar surface area (TPSA) is 424 Å². The van der Waals surface area contributed by atoms with Crippen LogP contribution in [-0.4, -0.2) is 243 Å². The molecule has 4 aliphatic heterocycles. The molecule has 376 valence electrons. The Balaban J connectivity index is 1.28. The number of methoxy groups -OCH3 is 1. The Kier molecular flexibility index (Phi) is 18.9. The van der Waals surface area contributed by atoms with E-state index in [4.69, 9.17) is 42.6 Å². The summed E-state index contributed by atoms with van der Waals surface area (Å²) in [6, 6.07) is 2.34. The number of amides is 3. The standard InChI is InChI=1S/C39H55N3O25/c1-13(46)41-19-21(48)27(59-3)17(11-44)61-36(19)65-30-24(51)26(53)39(67-32(30)35(57)58)63-28-18(12-45)62-37(20(22(28)49)42-14(2)47)64-29-23(50)25(52)38(66-31(29)34(55)56)60-9-8-40-33(54)16-6-4-15(10-43)5-7-16/h4-7,10,17-32,36-39,44-45,48-53H,8-9,11-12H2,1-3H3,(H,40,54)(H,41,46)(H,42,47)(H,55,56)(H,57,58)/t17?,18?,19-,20-,21?,22?,23?,24?,25-,26-,27?,28?,29?,30?,31?,32?,36+,37+,38+,39+/m0/s1. The maximum absolute atomic E-state index is 12.6. The molecular weight excluding hydrogens is 910 g/mol. The lowest BCUT2D eigenvalue weighted by molar-refractivity contribution is -0.371. The van der Waals surface area contributed by atoms with Crippen molar-refractivity contribution >= 4 is 35.9 Å². The minimum atomic E-state index is -2.26. The number of carbonyl (C=O) groups excluding carboxylic acids is 4. The third-order valence-electron chi connectivity index (χ3n) is 11.1. The van der Waals surface area contributed by atoms with Gasteiger partial charge in [0.2, 0.25) is 11.8 Å². The van der Waals surface area contributed by atoms with E-state index in [0.29, 0.717) is 11.8 Å². The van der Waals surface area contributed by atoms with Gasteiger partial charge in [-0.25, -0.2) is 9.59 Å². The number of carbonyl (C=O) groups is 6. The van der Waals surface area contributed by atoms with Gasteiger partial charge in [-0.3, -0.25) is 19.2 Å². The zero-order valence-electron chi connectivity index (χ0n) is 35.9. The molecule has 4 fully saturated rings. The third kappa shape index (κ3) is 12.4. The second-order valence-electron chi connectivity index (χ2n) is 15.7. The molecule has 67 heavy (non-hydrogen) atoms. The quantitative estimate of drug-likeness (QED) is 0.0452. The molecular formula is C39H55N3O25. The predicted octanol–water partition coefficient (Wildman–Crippen LogP) is -7.36. The molecule has 0 saturated carbocycles. The number of rotatable bonds is 19. The summed E-state index contributed by atoms with van der Waals surface area (Å²) in [5.41, 5.74) is 0.538. The van der Waals surface area contributed by atoms with Crippen LogP contribution < -0.4 is 16.0 Å². The summed E-state index contributed by atoms with van der Waals surface area (Å²) in [5, 5.41) is 115. The fourth-order valence-corrected chi connectivity index (χ4v) is 7.85. The van der Waals surface area contributed by atoms with Crippen LogP contribution in [0, 0.1) is 0 Å². The van der Waals surface area contributed by atoms with Crippen molar-refractivity contribution in [2.24, 2.45) is 0 Å². The van der Waals surface area contributed by atoms with Crippen LogP contribution in [0.3, 0.4) is 0 Å². The summed E-state index contributed by atoms with van der Waals surface area (Å²) < 4.78 is 50.1. The zero-order chi connectivity index (χ0) is 49.4. The van der Waals surface area contributed by atoms with E-state index < -0.39 is 166 Å². The number of nitrogens with one attached hydrogen (secondary N) is 3. The van der Waals surface area contributed by atoms with Gasteiger partial charge >= 0.3 is 11.9 Å². The van der Waals surface area contributed by atoms with Crippen molar-refractivity contribution in [2.75, 3.05) is 33.5 Å². The van der Waals surface area contributed by atoms with Crippen molar-refractivity contribution in [2.45, 2.75) is 137 Å². The molecule has 0 aliphatic carbocycles. The predicted molar refractivity (Wildman–Crippen MR) is 211 cm³/mol. The van der Waals surface area contributed by atoms with Gasteiger partial charge in [0.05, 0.1) is 19.8 Å². The molecule has 4 aliphatic rings. The Bertz CT molecular complexity index is 1860. The lowest BCUT2D eigenvalue weighted by Crippen LogP contribution is -2.70. The van der Waals surface area contributed by atoms with Crippen LogP contribution in [-0.2, 0) is 61.8 Å². The first kappa shape index (κ1) is 53.5. The van der Waals surface area contributed by atoms with Gasteiger partial charge < -0.3 is 110 Å². The lowest BCUT2D eigenvalue weighted by atomic mass is 9.94. The minimum absolute atomic E-state index is 0.192. The Morgan fingerprint density at radius 2 is 1.06 bits per heavy atom. The number of hydrogen-bond acceptors (Lipinski definition) is 23. The third-order valence-corrected chi connectivity index (χ3v) is 11.1. The fourth-order valence-electron chi connectivity index (χ4n) is 7.85. The molecule has 1 aromatic rings. The van der Waals surface area contributed by atoms with Crippen molar-refractivity contribution in [3.63, 3.8) is 0 Å². The van der Waals surface area contributed by atoms with Crippen molar-refractivity contribution < 1.29 is 122 Å². The highest BCUT2D eigenvalue weighted by Crippen LogP contribution is 2.35. The van der Waals surface area contributed by atoms with Crippen LogP contribution in [0.1, 0.15) is 34.6 Å². The van der Waals surface area contributed by atoms with Gasteiger partial charge in [0, 0.05) is 38.6 Å². The Morgan fingerprint density at radius 1 is 0.612 bits per heavy atom. The molecule has 0 aromatic heterocycles. The molecule has 4 heterocycles. The highest BCUT2D eigenvalue weighted by molar-refractivity contribution is 5.94. The fraction of sp³-hybridized carbons (Fsp3) is 0.692. The number of aliphatic carboxylic acids is 2. The number of aliphatic hydroxyl groups is 8. The molecule has 4 saturated heterocycles. The Labute approximate surface area is 379 Å². The summed E-state index contributed by atoms with van der Waals surface area (Å²) in [6.45, 7) is -0.327. The lowest BCUT2D eigenvalue weighted by Gasteiger charge is -2.49. The molecule has 28 nitrogen and oxygen atoms in total. The molecule has 13 N–H and O–H groups in total. The number of ether oxygens (including phenoxy) is 9. The van der Waals surface area contributed by atoms with Crippen LogP contribution in [0.5, 0.6) is 0 Å². The van der Waals surface area contributed by atoms with Gasteiger partial charge in [0.1, 0.15) is 91.6 Å². The smallest absolute Gasteiger partial charge is 0.335 e. The van der Waals surface area contributed by atoms with E-state index in [1.807, 2.05) is 0 Å². The van der Waals surface area contributed by atoms with E-state index >= 15 is 0 Å². The largest absolute Gasteiger partial charge is 0.479 e. The van der Waals surface area contributed by atoms with Gasteiger partial charge in [-0.15, -0.1) is 0 Å². The van der Waals surface area contributed by atoms with Crippen LogP contribution in [0.25, 0.3) is 0 Å². The monoisotopic (exact) mass is 965 g/mol. The molecule has 3 amide bonds. The van der Waals surface area contributed by atoms with Gasteiger partial charge in [0.15, 0.2) is 37.4 Å². The van der Waals surface area contributed by atoms with Crippen molar-refractivity contribution in [3.8, 4) is 0 Å². The number of aldehydes is 1. The number of benzene rings is 1. The molecule has 12 unspecified atom stereocenters. The first-order chi connectivity index (χ1) is 31.8. The Hall–Kier alpha value is -4.44. The average molecular weight is 966 g/mol. The number of aliphatic hydroxyl groups excluding tert-OH is 8. The van der Waals surface area contributed by atoms with E-state index in [-0.39, 0.29) is 18.7 Å². The minimum Gasteiger partial charge on any atom is -0.479 e. The second kappa shape index (κ2) is 23.7. The Morgan fingerprint density at radius 3 is 1.51 bits per heavy atom. The van der Waals surface area contributed by atoms with E-state index in [0.717, 1.165) is 13.8 Å². The maximum Gasteiger partial charge on any atom is 0.335 e. The maximum atomic E-state index is 12.6. The van der Waals surface area contributed by atoms with E-state index in [1.165, 1.54) is 31.4 Å². The van der Waals surface area contributed by atoms with Crippen molar-refractivity contribution in [1.29, 1.82) is 0 Å². The summed E-state index contributed by atoms with van der Waals surface area (Å²) in [7, 11) is 1.18. The molecule has 1 aromatic carbocycles. The average Bonchev–Trinajstić information content (AvgIpc) is 3.29. The molecule has 28 heteroatoms. The second-order valence-corrected chi connectivity index (χ2v) is 15.7. The van der Waals surface area contributed by atoms with Gasteiger partial charge in [-0.2, -0.15) is 0 Å². The number of hydrogen-bond donors (Lipinski definition) is 13. The molecule has 0 radical (unpaired) electrons. The SMILES string of the molecule is COC1C(CO)O[C@H](OC2C(C(=O)O)O[C@@H](OC3C(CO)O[C@H](OC4C(C(=O)O)O[C@@H](OCCNC(=O)c5ccc(C=O)cc5)[C@@H](O)C4O)[C@@H](NC(C)=O)C3O)[C@@H](O)C2O)[C@@H](NC(C)=O)C1O. The normalized spacial score (nSPS) is 38.9. The van der Waals surface area contributed by atoms with Gasteiger partial charge in [-0.05, 0) is 12.1 Å². The molecule has 5 rings (SSSR count). The first-order valence-corrected chi connectivity index (χ1v) is 20.6.